The molecule has 1 atom stereocenters. The molecule has 0 aromatic rings. The molecule has 0 aliphatic rings. The zero-order chi connectivity index (χ0) is 12.6. The Bertz CT molecular complexity index is 265. The second kappa shape index (κ2) is 8.00. The number of methoxy groups -OCH3 is 1. The van der Waals surface area contributed by atoms with Gasteiger partial charge in [0.05, 0.1) is 12.4 Å². The molecule has 0 aliphatic carbocycles. The molecule has 0 aliphatic heterocycles. The van der Waals surface area contributed by atoms with Gasteiger partial charge in [0.25, 0.3) is 0 Å². The molecule has 5 nitrogen and oxygen atoms in total. The highest BCUT2D eigenvalue weighted by atomic mass is 32.2. The molecule has 0 aromatic heterocycles. The van der Waals surface area contributed by atoms with Crippen molar-refractivity contribution < 1.29 is 13.2 Å². The first-order chi connectivity index (χ1) is 7.43. The van der Waals surface area contributed by atoms with Gasteiger partial charge in [0, 0.05) is 19.7 Å². The van der Waals surface area contributed by atoms with E-state index in [1.165, 1.54) is 0 Å². The minimum absolute atomic E-state index is 0.105. The Hall–Kier alpha value is -0.170. The first-order valence-corrected chi connectivity index (χ1v) is 7.27. The van der Waals surface area contributed by atoms with Gasteiger partial charge in [-0.1, -0.05) is 20.8 Å². The van der Waals surface area contributed by atoms with Gasteiger partial charge in [0.2, 0.25) is 10.0 Å². The Morgan fingerprint density at radius 2 is 1.94 bits per heavy atom. The van der Waals surface area contributed by atoms with Gasteiger partial charge in [-0.25, -0.2) is 13.1 Å². The average molecular weight is 252 g/mol. The Morgan fingerprint density at radius 1 is 1.31 bits per heavy atom. The van der Waals surface area contributed by atoms with E-state index in [4.69, 9.17) is 4.74 Å². The van der Waals surface area contributed by atoms with Crippen molar-refractivity contribution in [2.24, 2.45) is 5.92 Å². The maximum atomic E-state index is 11.7. The molecule has 16 heavy (non-hydrogen) atoms. The minimum Gasteiger partial charge on any atom is -0.383 e. The summed E-state index contributed by atoms with van der Waals surface area (Å²) in [5.41, 5.74) is 0. The van der Waals surface area contributed by atoms with Crippen molar-refractivity contribution in [1.29, 1.82) is 0 Å². The van der Waals surface area contributed by atoms with E-state index in [0.29, 0.717) is 13.2 Å². The molecule has 98 valence electrons. The van der Waals surface area contributed by atoms with Gasteiger partial charge in [-0.2, -0.15) is 0 Å². The number of hydrogen-bond acceptors (Lipinski definition) is 4. The normalized spacial score (nSPS) is 14.3. The van der Waals surface area contributed by atoms with E-state index in [-0.39, 0.29) is 17.7 Å². The summed E-state index contributed by atoms with van der Waals surface area (Å²) in [4.78, 5) is 0. The minimum atomic E-state index is -3.21. The van der Waals surface area contributed by atoms with Crippen molar-refractivity contribution in [2.45, 2.75) is 26.8 Å². The van der Waals surface area contributed by atoms with Crippen LogP contribution in [0.25, 0.3) is 0 Å². The predicted molar refractivity (Wildman–Crippen MR) is 66.0 cm³/mol. The highest BCUT2D eigenvalue weighted by molar-refractivity contribution is 7.89. The van der Waals surface area contributed by atoms with Crippen LogP contribution in [0.4, 0.5) is 0 Å². The number of hydrogen-bond donors (Lipinski definition) is 2. The van der Waals surface area contributed by atoms with Crippen LogP contribution in [0.15, 0.2) is 0 Å². The van der Waals surface area contributed by atoms with Crippen LogP contribution in [0.5, 0.6) is 0 Å². The zero-order valence-corrected chi connectivity index (χ0v) is 11.4. The lowest BCUT2D eigenvalue weighted by Crippen LogP contribution is -2.44. The molecule has 0 saturated carbocycles. The third-order valence-corrected chi connectivity index (χ3v) is 3.68. The smallest absolute Gasteiger partial charge is 0.213 e. The highest BCUT2D eigenvalue weighted by Crippen LogP contribution is 2.03. The second-order valence-electron chi connectivity index (χ2n) is 4.10. The quantitative estimate of drug-likeness (QED) is 0.575. The first-order valence-electron chi connectivity index (χ1n) is 5.62. The predicted octanol–water partition coefficient (Wildman–Crippen LogP) is 0.186. The van der Waals surface area contributed by atoms with Crippen molar-refractivity contribution in [3.05, 3.63) is 0 Å². The van der Waals surface area contributed by atoms with Crippen LogP contribution in [0.3, 0.4) is 0 Å². The Labute approximate surface area is 99.0 Å². The number of ether oxygens (including phenoxy) is 1. The van der Waals surface area contributed by atoms with Crippen LogP contribution in [-0.2, 0) is 14.8 Å². The third kappa shape index (κ3) is 7.16. The van der Waals surface area contributed by atoms with E-state index >= 15 is 0 Å². The van der Waals surface area contributed by atoms with E-state index in [1.54, 1.807) is 7.11 Å². The van der Waals surface area contributed by atoms with Gasteiger partial charge >= 0.3 is 0 Å². The summed E-state index contributed by atoms with van der Waals surface area (Å²) < 4.78 is 31.0. The maximum absolute atomic E-state index is 11.7. The van der Waals surface area contributed by atoms with Crippen LogP contribution >= 0.6 is 0 Å². The molecular formula is C10H24N2O3S. The maximum Gasteiger partial charge on any atom is 0.213 e. The topological polar surface area (TPSA) is 67.4 Å². The van der Waals surface area contributed by atoms with E-state index in [2.05, 4.69) is 10.0 Å². The van der Waals surface area contributed by atoms with Gasteiger partial charge in [0.1, 0.15) is 0 Å². The SMILES string of the molecule is CCNCCS(=O)(=O)NC(COC)C(C)C. The number of rotatable bonds is 9. The number of sulfonamides is 1. The van der Waals surface area contributed by atoms with E-state index in [9.17, 15) is 8.42 Å². The summed E-state index contributed by atoms with van der Waals surface area (Å²) in [6.45, 7) is 7.54. The van der Waals surface area contributed by atoms with Gasteiger partial charge < -0.3 is 10.1 Å². The van der Waals surface area contributed by atoms with Crippen LogP contribution in [0, 0.1) is 5.92 Å². The fourth-order valence-electron chi connectivity index (χ4n) is 1.21. The van der Waals surface area contributed by atoms with Gasteiger partial charge in [-0.15, -0.1) is 0 Å². The summed E-state index contributed by atoms with van der Waals surface area (Å²) in [6, 6.07) is -0.156. The molecule has 1 unspecified atom stereocenters. The van der Waals surface area contributed by atoms with Crippen molar-refractivity contribution in [3.8, 4) is 0 Å². The van der Waals surface area contributed by atoms with Crippen LogP contribution in [0.2, 0.25) is 0 Å². The van der Waals surface area contributed by atoms with E-state index in [0.717, 1.165) is 6.54 Å². The lowest BCUT2D eigenvalue weighted by molar-refractivity contribution is 0.157. The average Bonchev–Trinajstić information content (AvgIpc) is 2.17. The molecule has 0 radical (unpaired) electrons. The molecule has 0 bridgehead atoms. The zero-order valence-electron chi connectivity index (χ0n) is 10.6. The molecule has 2 N–H and O–H groups in total. The van der Waals surface area contributed by atoms with Gasteiger partial charge in [-0.05, 0) is 12.5 Å². The van der Waals surface area contributed by atoms with Crippen molar-refractivity contribution in [3.63, 3.8) is 0 Å². The fourth-order valence-corrected chi connectivity index (χ4v) is 2.55. The fraction of sp³-hybridized carbons (Fsp3) is 1.00. The monoisotopic (exact) mass is 252 g/mol. The molecule has 0 amide bonds. The summed E-state index contributed by atoms with van der Waals surface area (Å²) in [5, 5.41) is 2.99. The summed E-state index contributed by atoms with van der Waals surface area (Å²) in [5.74, 6) is 0.321. The van der Waals surface area contributed by atoms with Crippen LogP contribution in [0.1, 0.15) is 20.8 Å². The van der Waals surface area contributed by atoms with E-state index in [1.807, 2.05) is 20.8 Å². The highest BCUT2D eigenvalue weighted by Gasteiger charge is 2.20. The largest absolute Gasteiger partial charge is 0.383 e. The molecule has 6 heteroatoms. The standard InChI is InChI=1S/C10H24N2O3S/c1-5-11-6-7-16(13,14)12-10(8-15-4)9(2)3/h9-12H,5-8H2,1-4H3. The molecule has 0 aromatic carbocycles. The van der Waals surface area contributed by atoms with Crippen LogP contribution in [-0.4, -0.2) is 47.0 Å². The number of nitrogens with one attached hydrogen (secondary N) is 2. The van der Waals surface area contributed by atoms with Crippen molar-refractivity contribution in [2.75, 3.05) is 32.6 Å². The summed E-state index contributed by atoms with van der Waals surface area (Å²) in [6.07, 6.45) is 0. The van der Waals surface area contributed by atoms with Gasteiger partial charge in [0.15, 0.2) is 0 Å². The van der Waals surface area contributed by atoms with Crippen molar-refractivity contribution >= 4 is 10.0 Å². The van der Waals surface area contributed by atoms with Crippen molar-refractivity contribution in [1.82, 2.24) is 10.0 Å². The molecule has 0 heterocycles. The molecular weight excluding hydrogens is 228 g/mol. The lowest BCUT2D eigenvalue weighted by atomic mass is 10.1. The molecule has 0 rings (SSSR count). The van der Waals surface area contributed by atoms with E-state index < -0.39 is 10.0 Å². The lowest BCUT2D eigenvalue weighted by Gasteiger charge is -2.21. The second-order valence-corrected chi connectivity index (χ2v) is 5.97. The molecule has 0 fully saturated rings. The van der Waals surface area contributed by atoms with Gasteiger partial charge in [-0.3, -0.25) is 0 Å². The molecule has 0 spiro atoms. The third-order valence-electron chi connectivity index (χ3n) is 2.28. The Morgan fingerprint density at radius 3 is 2.38 bits per heavy atom. The Balaban J connectivity index is 4.19. The Kier molecular flexibility index (Phi) is 7.91. The summed E-state index contributed by atoms with van der Waals surface area (Å²) in [7, 11) is -1.64. The molecule has 0 saturated heterocycles. The van der Waals surface area contributed by atoms with Crippen LogP contribution < -0.4 is 10.0 Å². The summed E-state index contributed by atoms with van der Waals surface area (Å²) >= 11 is 0. The first kappa shape index (κ1) is 15.8.